The van der Waals surface area contributed by atoms with Crippen LogP contribution in [0, 0.1) is 0 Å². The Hall–Kier alpha value is -3.64. The number of aliphatic hydroxyl groups is 2. The van der Waals surface area contributed by atoms with E-state index in [0.29, 0.717) is 26.4 Å². The van der Waals surface area contributed by atoms with Gasteiger partial charge in [-0.1, -0.05) is 156 Å². The summed E-state index contributed by atoms with van der Waals surface area (Å²) in [5.41, 5.74) is 4.45. The third-order valence-electron chi connectivity index (χ3n) is 14.7. The first kappa shape index (κ1) is 63.5. The van der Waals surface area contributed by atoms with Gasteiger partial charge in [-0.2, -0.15) is 0 Å². The first-order valence-corrected chi connectivity index (χ1v) is 34.2. The molecule has 430 valence electrons. The van der Waals surface area contributed by atoms with E-state index in [1.54, 1.807) is 0 Å². The average molecular weight is 1140 g/mol. The summed E-state index contributed by atoms with van der Waals surface area (Å²) in [6.07, 6.45) is 34.4. The highest BCUT2D eigenvalue weighted by Gasteiger charge is 2.22. The molecule has 0 aliphatic carbocycles. The molecule has 0 spiro atoms. The Kier molecular flexibility index (Phi) is 31.1. The van der Waals surface area contributed by atoms with Gasteiger partial charge in [0.05, 0.1) is 26.4 Å². The van der Waals surface area contributed by atoms with Crippen molar-refractivity contribution in [1.82, 2.24) is 0 Å². The van der Waals surface area contributed by atoms with E-state index in [9.17, 15) is 10.2 Å². The first-order chi connectivity index (χ1) is 38.5. The third kappa shape index (κ3) is 21.7. The maximum Gasteiger partial charge on any atom is 0.128 e. The topological polar surface area (TPSA) is 77.4 Å². The molecule has 0 radical (unpaired) electrons. The Morgan fingerprint density at radius 2 is 0.538 bits per heavy atom. The number of aliphatic hydroxyl groups excluding tert-OH is 2. The van der Waals surface area contributed by atoms with Gasteiger partial charge in [-0.25, -0.2) is 0 Å². The zero-order valence-corrected chi connectivity index (χ0v) is 51.8. The fourth-order valence-corrected chi connectivity index (χ4v) is 14.3. The number of benzene rings is 2. The summed E-state index contributed by atoms with van der Waals surface area (Å²) in [6, 6.07) is 27.5. The summed E-state index contributed by atoms with van der Waals surface area (Å²) >= 11 is 7.44. The van der Waals surface area contributed by atoms with Crippen molar-refractivity contribution in [2.75, 3.05) is 39.6 Å². The molecule has 0 amide bonds. The third-order valence-corrected chi connectivity index (χ3v) is 19.5. The Balaban J connectivity index is 1.34. The lowest BCUT2D eigenvalue weighted by molar-refractivity contribution is 0.282. The van der Waals surface area contributed by atoms with Crippen LogP contribution in [0.2, 0.25) is 0 Å². The van der Waals surface area contributed by atoms with Crippen molar-refractivity contribution in [2.24, 2.45) is 0 Å². The molecule has 0 fully saturated rings. The van der Waals surface area contributed by atoms with Crippen LogP contribution in [0.4, 0.5) is 0 Å². The van der Waals surface area contributed by atoms with Gasteiger partial charge < -0.3 is 29.2 Å². The molecule has 2 N–H and O–H groups in total. The SMILES string of the molecule is CCCCCCCOc1cc(-c2ccc(-c3ccc(-c4cc(OCCCCCCC)c(-c5ccc(CCCCCCO)s5)cc4OCCCCCCC)s3)s2)c(OCCCCCCC)cc1-c1ccc(CCCCCCO)s1. The van der Waals surface area contributed by atoms with Crippen LogP contribution in [0.5, 0.6) is 23.0 Å². The van der Waals surface area contributed by atoms with Crippen molar-refractivity contribution in [1.29, 1.82) is 0 Å². The lowest BCUT2D eigenvalue weighted by Crippen LogP contribution is -2.02. The molecule has 0 aliphatic rings. The summed E-state index contributed by atoms with van der Waals surface area (Å²) in [4.78, 5) is 10.1. The van der Waals surface area contributed by atoms with Crippen LogP contribution in [0.3, 0.4) is 0 Å². The normalized spacial score (nSPS) is 11.5. The lowest BCUT2D eigenvalue weighted by Gasteiger charge is -2.17. The highest BCUT2D eigenvalue weighted by molar-refractivity contribution is 7.25. The lowest BCUT2D eigenvalue weighted by atomic mass is 10.1. The molecule has 78 heavy (non-hydrogen) atoms. The molecule has 4 heterocycles. The molecule has 0 atom stereocenters. The Bertz CT molecular complexity index is 2340. The van der Waals surface area contributed by atoms with Crippen LogP contribution in [0.25, 0.3) is 51.5 Å². The van der Waals surface area contributed by atoms with Crippen molar-refractivity contribution < 1.29 is 29.2 Å². The fraction of sp³-hybridized carbons (Fsp3) is 0.588. The van der Waals surface area contributed by atoms with Gasteiger partial charge in [0.25, 0.3) is 0 Å². The maximum atomic E-state index is 9.30. The summed E-state index contributed by atoms with van der Waals surface area (Å²) in [7, 11) is 0. The molecule has 2 aromatic carbocycles. The minimum atomic E-state index is 0.278. The molecule has 0 saturated carbocycles. The number of unbranched alkanes of at least 4 members (excludes halogenated alkanes) is 22. The highest BCUT2D eigenvalue weighted by Crippen LogP contribution is 2.50. The van der Waals surface area contributed by atoms with Crippen molar-refractivity contribution in [3.63, 3.8) is 0 Å². The van der Waals surface area contributed by atoms with Crippen molar-refractivity contribution in [3.8, 4) is 74.5 Å². The summed E-state index contributed by atoms with van der Waals surface area (Å²) in [5, 5.41) is 18.6. The zero-order valence-electron chi connectivity index (χ0n) is 48.5. The molecular formula is C68H98O6S4. The number of hydrogen-bond acceptors (Lipinski definition) is 10. The second-order valence-electron chi connectivity index (χ2n) is 21.4. The molecule has 0 aliphatic heterocycles. The van der Waals surface area contributed by atoms with E-state index in [1.807, 2.05) is 45.3 Å². The number of ether oxygens (including phenoxy) is 4. The van der Waals surface area contributed by atoms with Crippen molar-refractivity contribution >= 4 is 45.3 Å². The van der Waals surface area contributed by atoms with Crippen molar-refractivity contribution in [3.05, 3.63) is 82.6 Å². The van der Waals surface area contributed by atoms with E-state index < -0.39 is 0 Å². The monoisotopic (exact) mass is 1140 g/mol. The van der Waals surface area contributed by atoms with Crippen LogP contribution in [-0.4, -0.2) is 49.9 Å². The predicted octanol–water partition coefficient (Wildman–Crippen LogP) is 21.9. The molecule has 10 heteroatoms. The van der Waals surface area contributed by atoms with E-state index in [2.05, 4.69) is 100 Å². The molecular weight excluding hydrogens is 1040 g/mol. The van der Waals surface area contributed by atoms with Crippen LogP contribution >= 0.6 is 45.3 Å². The summed E-state index contributed by atoms with van der Waals surface area (Å²) in [6.45, 7) is 12.4. The average Bonchev–Trinajstić information content (AvgIpc) is 4.39. The smallest absolute Gasteiger partial charge is 0.128 e. The van der Waals surface area contributed by atoms with Gasteiger partial charge in [0.2, 0.25) is 0 Å². The quantitative estimate of drug-likeness (QED) is 0.0371. The second kappa shape index (κ2) is 38.1. The van der Waals surface area contributed by atoms with Gasteiger partial charge in [0.15, 0.2) is 0 Å². The van der Waals surface area contributed by atoms with Crippen molar-refractivity contribution in [2.45, 2.75) is 220 Å². The number of hydrogen-bond donors (Lipinski definition) is 2. The standard InChI is InChI=1S/C68H98O6S4/c1-5-9-13-21-29-45-71-59-51-57(61(73-47-31-23-15-11-7-3)49-55(59)63-37-35-53(75-63)33-25-17-19-27-43-69)65-39-41-67(77-65)68-42-40-66(78-68)58-52-60(72-46-30-22-14-10-6-2)56(50-62(58)74-48-32-24-16-12-8-4)64-38-36-54(76-64)34-26-18-20-28-44-70/h35-42,49-52,69-70H,5-34,43-48H2,1-4H3. The second-order valence-corrected chi connectivity index (χ2v) is 25.9. The highest BCUT2D eigenvalue weighted by atomic mass is 32.1. The summed E-state index contributed by atoms with van der Waals surface area (Å²) in [5.74, 6) is 3.74. The molecule has 6 aromatic rings. The number of thiophene rings is 4. The van der Waals surface area contributed by atoms with E-state index in [4.69, 9.17) is 18.9 Å². The van der Waals surface area contributed by atoms with Gasteiger partial charge in [-0.15, -0.1) is 45.3 Å². The van der Waals surface area contributed by atoms with Gasteiger partial charge in [0.1, 0.15) is 23.0 Å². The van der Waals surface area contributed by atoms with E-state index in [1.165, 1.54) is 142 Å². The van der Waals surface area contributed by atoms with Crippen LogP contribution in [0.1, 0.15) is 217 Å². The van der Waals surface area contributed by atoms with Gasteiger partial charge >= 0.3 is 0 Å². The van der Waals surface area contributed by atoms with Gasteiger partial charge in [-0.05, 0) is 137 Å². The van der Waals surface area contributed by atoms with E-state index in [-0.39, 0.29) is 13.2 Å². The van der Waals surface area contributed by atoms with E-state index >= 15 is 0 Å². The summed E-state index contributed by atoms with van der Waals surface area (Å²) < 4.78 is 27.4. The minimum absolute atomic E-state index is 0.278. The largest absolute Gasteiger partial charge is 0.493 e. The molecule has 0 saturated heterocycles. The molecule has 0 bridgehead atoms. The zero-order chi connectivity index (χ0) is 54.8. The van der Waals surface area contributed by atoms with Gasteiger partial charge in [0, 0.05) is 74.5 Å². The van der Waals surface area contributed by atoms with Crippen LogP contribution in [-0.2, 0) is 12.8 Å². The molecule has 6 nitrogen and oxygen atoms in total. The van der Waals surface area contributed by atoms with Crippen LogP contribution in [0.15, 0.2) is 72.8 Å². The molecule has 4 aromatic heterocycles. The Morgan fingerprint density at radius 3 is 0.846 bits per heavy atom. The first-order valence-electron chi connectivity index (χ1n) is 31.0. The predicted molar refractivity (Wildman–Crippen MR) is 341 cm³/mol. The Morgan fingerprint density at radius 1 is 0.282 bits per heavy atom. The Labute approximate surface area is 488 Å². The molecule has 6 rings (SSSR count). The van der Waals surface area contributed by atoms with E-state index in [0.717, 1.165) is 135 Å². The fourth-order valence-electron chi connectivity index (χ4n) is 9.99. The van der Waals surface area contributed by atoms with Crippen LogP contribution < -0.4 is 18.9 Å². The van der Waals surface area contributed by atoms with Gasteiger partial charge in [-0.3, -0.25) is 0 Å². The minimum Gasteiger partial charge on any atom is -0.493 e. The number of rotatable bonds is 45. The maximum absolute atomic E-state index is 9.30. The molecule has 0 unspecified atom stereocenters. The number of aryl methyl sites for hydroxylation is 2.